The Bertz CT molecular complexity index is 662. The zero-order chi connectivity index (χ0) is 14.5. The lowest BCUT2D eigenvalue weighted by Crippen LogP contribution is -2.17. The monoisotopic (exact) mass is 401 g/mol. The summed E-state index contributed by atoms with van der Waals surface area (Å²) in [5.41, 5.74) is 3.17. The van der Waals surface area contributed by atoms with Crippen LogP contribution in [0.1, 0.15) is 15.9 Å². The van der Waals surface area contributed by atoms with E-state index in [1.807, 2.05) is 22.6 Å². The average Bonchev–Trinajstić information content (AvgIpc) is 2.44. The molecule has 20 heavy (non-hydrogen) atoms. The number of phenolic OH excluding ortho intramolecular Hbond substituents is 1. The van der Waals surface area contributed by atoms with Crippen LogP contribution in [0.3, 0.4) is 0 Å². The predicted molar refractivity (Wildman–Crippen MR) is 85.1 cm³/mol. The van der Waals surface area contributed by atoms with Gasteiger partial charge < -0.3 is 5.11 Å². The zero-order valence-corrected chi connectivity index (χ0v) is 13.0. The molecule has 0 saturated heterocycles. The van der Waals surface area contributed by atoms with Gasteiger partial charge in [-0.15, -0.1) is 0 Å². The summed E-state index contributed by atoms with van der Waals surface area (Å²) in [7, 11) is 0. The van der Waals surface area contributed by atoms with Crippen LogP contribution in [0.2, 0.25) is 5.02 Å². The summed E-state index contributed by atoms with van der Waals surface area (Å²) in [5, 5.41) is 14.1. The third-order valence-electron chi connectivity index (χ3n) is 2.35. The number of rotatable bonds is 3. The largest absolute Gasteiger partial charge is 0.506 e. The van der Waals surface area contributed by atoms with E-state index in [0.29, 0.717) is 19.7 Å². The number of hydrogen-bond donors (Lipinski definition) is 2. The molecule has 0 aliphatic rings. The molecule has 5 nitrogen and oxygen atoms in total. The second-order valence-corrected chi connectivity index (χ2v) is 5.36. The number of hydrogen-bond acceptors (Lipinski definition) is 4. The van der Waals surface area contributed by atoms with E-state index in [1.165, 1.54) is 12.4 Å². The van der Waals surface area contributed by atoms with Crippen molar-refractivity contribution < 1.29 is 9.90 Å². The molecule has 2 aromatic rings. The molecule has 0 unspecified atom stereocenters. The minimum Gasteiger partial charge on any atom is -0.506 e. The quantitative estimate of drug-likeness (QED) is 0.472. The van der Waals surface area contributed by atoms with Crippen molar-refractivity contribution in [2.24, 2.45) is 5.10 Å². The van der Waals surface area contributed by atoms with Crippen molar-refractivity contribution in [1.82, 2.24) is 10.4 Å². The number of nitrogens with zero attached hydrogens (tertiary/aromatic N) is 2. The fourth-order valence-electron chi connectivity index (χ4n) is 1.41. The highest BCUT2D eigenvalue weighted by Gasteiger charge is 2.06. The summed E-state index contributed by atoms with van der Waals surface area (Å²) in [6.07, 6.45) is 4.34. The number of carbonyl (C=O) groups excluding carboxylic acids is 1. The van der Waals surface area contributed by atoms with Crippen LogP contribution in [0.5, 0.6) is 5.75 Å². The van der Waals surface area contributed by atoms with Crippen LogP contribution in [0.4, 0.5) is 0 Å². The molecule has 0 bridgehead atoms. The molecule has 7 heteroatoms. The summed E-state index contributed by atoms with van der Waals surface area (Å²) in [6, 6.07) is 6.46. The van der Waals surface area contributed by atoms with Gasteiger partial charge in [-0.1, -0.05) is 11.6 Å². The van der Waals surface area contributed by atoms with Gasteiger partial charge in [-0.25, -0.2) is 5.43 Å². The van der Waals surface area contributed by atoms with E-state index < -0.39 is 0 Å². The molecule has 2 N–H and O–H groups in total. The molecule has 1 aromatic carbocycles. The van der Waals surface area contributed by atoms with Crippen LogP contribution in [0, 0.1) is 3.57 Å². The van der Waals surface area contributed by atoms with Gasteiger partial charge in [0.15, 0.2) is 0 Å². The number of carbonyl (C=O) groups is 1. The van der Waals surface area contributed by atoms with Crippen molar-refractivity contribution in [3.05, 3.63) is 56.4 Å². The minimum atomic E-state index is -0.384. The molecule has 0 aliphatic carbocycles. The van der Waals surface area contributed by atoms with Gasteiger partial charge in [0.1, 0.15) is 5.75 Å². The number of pyridine rings is 1. The Kier molecular flexibility index (Phi) is 4.91. The van der Waals surface area contributed by atoms with Gasteiger partial charge in [0.2, 0.25) is 0 Å². The molecule has 0 saturated carbocycles. The number of aromatic hydroxyl groups is 1. The number of hydrazone groups is 1. The molecule has 0 atom stereocenters. The minimum absolute atomic E-state index is 0.0642. The fraction of sp³-hybridized carbons (Fsp3) is 0. The number of benzene rings is 1. The van der Waals surface area contributed by atoms with Gasteiger partial charge in [0, 0.05) is 23.0 Å². The Morgan fingerprint density at radius 3 is 3.00 bits per heavy atom. The van der Waals surface area contributed by atoms with Crippen LogP contribution in [-0.2, 0) is 0 Å². The van der Waals surface area contributed by atoms with Crippen molar-refractivity contribution in [3.63, 3.8) is 0 Å². The summed E-state index contributed by atoms with van der Waals surface area (Å²) in [5.74, 6) is -0.319. The summed E-state index contributed by atoms with van der Waals surface area (Å²) in [6.45, 7) is 0. The SMILES string of the molecule is O=C(NN=Cc1cc(Cl)cc(I)c1O)c1cccnc1. The Labute approximate surface area is 133 Å². The summed E-state index contributed by atoms with van der Waals surface area (Å²) >= 11 is 7.84. The molecular weight excluding hydrogens is 393 g/mol. The first-order chi connectivity index (χ1) is 9.58. The number of aromatic nitrogens is 1. The molecule has 1 aromatic heterocycles. The number of halogens is 2. The van der Waals surface area contributed by atoms with Crippen LogP contribution in [0.15, 0.2) is 41.8 Å². The average molecular weight is 402 g/mol. The zero-order valence-electron chi connectivity index (χ0n) is 10.0. The van der Waals surface area contributed by atoms with Gasteiger partial charge in [-0.05, 0) is 46.9 Å². The Morgan fingerprint density at radius 1 is 1.50 bits per heavy atom. The second-order valence-electron chi connectivity index (χ2n) is 3.77. The van der Waals surface area contributed by atoms with E-state index >= 15 is 0 Å². The van der Waals surface area contributed by atoms with Crippen molar-refractivity contribution in [1.29, 1.82) is 0 Å². The maximum Gasteiger partial charge on any atom is 0.272 e. The van der Waals surface area contributed by atoms with Gasteiger partial charge in [0.25, 0.3) is 5.91 Å². The third kappa shape index (κ3) is 3.67. The lowest BCUT2D eigenvalue weighted by Gasteiger charge is -2.03. The van der Waals surface area contributed by atoms with Crippen molar-refractivity contribution in [2.45, 2.75) is 0 Å². The number of phenols is 1. The molecule has 1 amide bonds. The predicted octanol–water partition coefficient (Wildman–Crippen LogP) is 2.81. The Morgan fingerprint density at radius 2 is 2.30 bits per heavy atom. The topological polar surface area (TPSA) is 74.6 Å². The highest BCUT2D eigenvalue weighted by Crippen LogP contribution is 2.27. The van der Waals surface area contributed by atoms with Gasteiger partial charge in [0.05, 0.1) is 15.3 Å². The van der Waals surface area contributed by atoms with Gasteiger partial charge in [-0.2, -0.15) is 5.10 Å². The lowest BCUT2D eigenvalue weighted by molar-refractivity contribution is 0.0954. The van der Waals surface area contributed by atoms with E-state index in [4.69, 9.17) is 11.6 Å². The summed E-state index contributed by atoms with van der Waals surface area (Å²) in [4.78, 5) is 15.5. The number of nitrogens with one attached hydrogen (secondary N) is 1. The first-order valence-corrected chi connectivity index (χ1v) is 6.95. The van der Waals surface area contributed by atoms with Crippen molar-refractivity contribution in [3.8, 4) is 5.75 Å². The maximum atomic E-state index is 11.7. The number of amides is 1. The Hall–Kier alpha value is -1.67. The first kappa shape index (κ1) is 14.7. The van der Waals surface area contributed by atoms with E-state index in [9.17, 15) is 9.90 Å². The van der Waals surface area contributed by atoms with E-state index in [2.05, 4.69) is 15.5 Å². The van der Waals surface area contributed by atoms with Crippen LogP contribution in [0.25, 0.3) is 0 Å². The normalized spacial score (nSPS) is 10.7. The molecule has 0 aliphatic heterocycles. The molecule has 0 radical (unpaired) electrons. The van der Waals surface area contributed by atoms with Crippen molar-refractivity contribution in [2.75, 3.05) is 0 Å². The fourth-order valence-corrected chi connectivity index (χ4v) is 2.46. The molecule has 2 rings (SSSR count). The van der Waals surface area contributed by atoms with Crippen LogP contribution >= 0.6 is 34.2 Å². The van der Waals surface area contributed by atoms with Crippen LogP contribution < -0.4 is 5.43 Å². The lowest BCUT2D eigenvalue weighted by atomic mass is 10.2. The highest BCUT2D eigenvalue weighted by molar-refractivity contribution is 14.1. The maximum absolute atomic E-state index is 11.7. The smallest absolute Gasteiger partial charge is 0.272 e. The van der Waals surface area contributed by atoms with Gasteiger partial charge in [-0.3, -0.25) is 9.78 Å². The highest BCUT2D eigenvalue weighted by atomic mass is 127. The van der Waals surface area contributed by atoms with E-state index in [1.54, 1.807) is 30.5 Å². The molecular formula is C13H9ClIN3O2. The van der Waals surface area contributed by atoms with Gasteiger partial charge >= 0.3 is 0 Å². The standard InChI is InChI=1S/C13H9ClIN3O2/c14-10-4-9(12(19)11(15)5-10)7-17-18-13(20)8-2-1-3-16-6-8/h1-7,19H,(H,18,20). The van der Waals surface area contributed by atoms with E-state index in [0.717, 1.165) is 0 Å². The molecule has 0 spiro atoms. The molecule has 1 heterocycles. The Balaban J connectivity index is 2.10. The van der Waals surface area contributed by atoms with Crippen molar-refractivity contribution >= 4 is 46.3 Å². The molecule has 0 fully saturated rings. The first-order valence-electron chi connectivity index (χ1n) is 5.49. The summed E-state index contributed by atoms with van der Waals surface area (Å²) < 4.78 is 0.607. The molecule has 102 valence electrons. The second kappa shape index (κ2) is 6.67. The third-order valence-corrected chi connectivity index (χ3v) is 3.39. The van der Waals surface area contributed by atoms with E-state index in [-0.39, 0.29) is 11.7 Å². The van der Waals surface area contributed by atoms with Crippen LogP contribution in [-0.4, -0.2) is 22.2 Å².